The van der Waals surface area contributed by atoms with Crippen LogP contribution in [0.4, 0.5) is 0 Å². The smallest absolute Gasteiger partial charge is 0.257 e. The first-order valence-electron chi connectivity index (χ1n) is 11.6. The van der Waals surface area contributed by atoms with Crippen molar-refractivity contribution in [1.82, 2.24) is 24.9 Å². The van der Waals surface area contributed by atoms with Crippen molar-refractivity contribution in [2.24, 2.45) is 13.0 Å². The predicted molar refractivity (Wildman–Crippen MR) is 118 cm³/mol. The van der Waals surface area contributed by atoms with Gasteiger partial charge in [-0.25, -0.2) is 0 Å². The van der Waals surface area contributed by atoms with Gasteiger partial charge >= 0.3 is 0 Å². The molecule has 1 N–H and O–H groups in total. The molecule has 0 unspecified atom stereocenters. The zero-order valence-corrected chi connectivity index (χ0v) is 19.2. The van der Waals surface area contributed by atoms with E-state index in [1.54, 1.807) is 10.9 Å². The highest BCUT2D eigenvalue weighted by molar-refractivity contribution is 5.95. The average molecular weight is 418 g/mol. The van der Waals surface area contributed by atoms with Gasteiger partial charge in [-0.05, 0) is 32.1 Å². The average Bonchev–Trinajstić information content (AvgIpc) is 3.02. The molecular weight excluding hydrogens is 378 g/mol. The first kappa shape index (κ1) is 22.8. The monoisotopic (exact) mass is 417 g/mol. The van der Waals surface area contributed by atoms with E-state index in [1.807, 2.05) is 18.9 Å². The maximum absolute atomic E-state index is 13.2. The molecule has 1 aromatic rings. The second kappa shape index (κ2) is 9.94. The Hall–Kier alpha value is -1.89. The van der Waals surface area contributed by atoms with Crippen molar-refractivity contribution in [2.75, 3.05) is 32.7 Å². The quantitative estimate of drug-likeness (QED) is 0.821. The van der Waals surface area contributed by atoms with Crippen molar-refractivity contribution in [3.05, 3.63) is 17.5 Å². The number of nitrogens with zero attached hydrogens (tertiary/aromatic N) is 4. The second-order valence-electron chi connectivity index (χ2n) is 9.60. The van der Waals surface area contributed by atoms with Crippen molar-refractivity contribution in [2.45, 2.75) is 71.3 Å². The van der Waals surface area contributed by atoms with E-state index >= 15 is 0 Å². The molecular formula is C23H39N5O2. The Bertz CT molecular complexity index is 736. The number of rotatable bonds is 3. The normalized spacial score (nSPS) is 21.5. The van der Waals surface area contributed by atoms with E-state index in [1.165, 1.54) is 19.3 Å². The van der Waals surface area contributed by atoms with Gasteiger partial charge in [-0.1, -0.05) is 33.1 Å². The molecule has 0 aromatic carbocycles. The predicted octanol–water partition coefficient (Wildman–Crippen LogP) is 2.74. The third-order valence-corrected chi connectivity index (χ3v) is 6.62. The van der Waals surface area contributed by atoms with Gasteiger partial charge in [0.1, 0.15) is 0 Å². The third kappa shape index (κ3) is 5.42. The van der Waals surface area contributed by atoms with Gasteiger partial charge in [0.25, 0.3) is 5.91 Å². The lowest BCUT2D eigenvalue weighted by molar-refractivity contribution is -0.125. The Morgan fingerprint density at radius 3 is 2.53 bits per heavy atom. The molecule has 1 saturated heterocycles. The van der Waals surface area contributed by atoms with Crippen LogP contribution >= 0.6 is 0 Å². The summed E-state index contributed by atoms with van der Waals surface area (Å²) in [6.45, 7) is 10.1. The summed E-state index contributed by atoms with van der Waals surface area (Å²) in [5.41, 5.74) is 1.39. The molecule has 1 spiro atoms. The van der Waals surface area contributed by atoms with Crippen LogP contribution in [-0.4, -0.2) is 69.7 Å². The highest BCUT2D eigenvalue weighted by Gasteiger charge is 2.40. The molecule has 7 heteroatoms. The van der Waals surface area contributed by atoms with Crippen LogP contribution < -0.4 is 5.32 Å². The zero-order valence-electron chi connectivity index (χ0n) is 19.2. The standard InChI is InChI=1S/C23H39N5O2/c1-18(2)16-28-13-8-12-27(22(30)20-17-26(4)25-19(20)3)14-11-24-21(29)15-23(28)9-6-5-7-10-23/h17-18H,5-16H2,1-4H3,(H,24,29). The van der Waals surface area contributed by atoms with E-state index in [0.717, 1.165) is 38.0 Å². The Kier molecular flexibility index (Phi) is 7.55. The summed E-state index contributed by atoms with van der Waals surface area (Å²) >= 11 is 0. The van der Waals surface area contributed by atoms with Crippen LogP contribution in [0.5, 0.6) is 0 Å². The molecule has 1 saturated carbocycles. The SMILES string of the molecule is Cc1nn(C)cc1C(=O)N1CCCN(CC(C)C)C2(CCCCC2)CC(=O)NCC1. The van der Waals surface area contributed by atoms with E-state index in [0.29, 0.717) is 37.5 Å². The summed E-state index contributed by atoms with van der Waals surface area (Å²) in [4.78, 5) is 30.5. The zero-order chi connectivity index (χ0) is 21.7. The lowest BCUT2D eigenvalue weighted by Gasteiger charge is -2.47. The number of amides is 2. The molecule has 1 aliphatic carbocycles. The molecule has 0 atom stereocenters. The van der Waals surface area contributed by atoms with Gasteiger partial charge in [0.2, 0.25) is 5.91 Å². The fourth-order valence-corrected chi connectivity index (χ4v) is 5.22. The van der Waals surface area contributed by atoms with E-state index in [4.69, 9.17) is 0 Å². The van der Waals surface area contributed by atoms with Crippen molar-refractivity contribution < 1.29 is 9.59 Å². The maximum Gasteiger partial charge on any atom is 0.257 e. The van der Waals surface area contributed by atoms with Crippen molar-refractivity contribution >= 4 is 11.8 Å². The highest BCUT2D eigenvalue weighted by atomic mass is 16.2. The van der Waals surface area contributed by atoms with Crippen LogP contribution in [0.3, 0.4) is 0 Å². The van der Waals surface area contributed by atoms with Gasteiger partial charge in [-0.2, -0.15) is 5.10 Å². The molecule has 0 radical (unpaired) electrons. The maximum atomic E-state index is 13.2. The Labute approximate surface area is 181 Å². The molecule has 7 nitrogen and oxygen atoms in total. The first-order valence-corrected chi connectivity index (χ1v) is 11.6. The van der Waals surface area contributed by atoms with Crippen LogP contribution in [0.1, 0.15) is 74.8 Å². The van der Waals surface area contributed by atoms with Crippen LogP contribution in [0.25, 0.3) is 0 Å². The summed E-state index contributed by atoms with van der Waals surface area (Å²) in [7, 11) is 1.84. The van der Waals surface area contributed by atoms with Crippen molar-refractivity contribution in [3.63, 3.8) is 0 Å². The van der Waals surface area contributed by atoms with Crippen molar-refractivity contribution in [3.8, 4) is 0 Å². The fraction of sp³-hybridized carbons (Fsp3) is 0.783. The number of carbonyl (C=O) groups is 2. The van der Waals surface area contributed by atoms with Crippen LogP contribution in [0, 0.1) is 12.8 Å². The molecule has 3 rings (SSSR count). The van der Waals surface area contributed by atoms with Crippen LogP contribution in [0.2, 0.25) is 0 Å². The fourth-order valence-electron chi connectivity index (χ4n) is 5.22. The van der Waals surface area contributed by atoms with Gasteiger partial charge in [-0.15, -0.1) is 0 Å². The third-order valence-electron chi connectivity index (χ3n) is 6.62. The minimum atomic E-state index is -0.0221. The lowest BCUT2D eigenvalue weighted by atomic mass is 9.77. The number of hydrogen-bond donors (Lipinski definition) is 1. The molecule has 2 amide bonds. The molecule has 0 bridgehead atoms. The molecule has 30 heavy (non-hydrogen) atoms. The second-order valence-corrected chi connectivity index (χ2v) is 9.60. The van der Waals surface area contributed by atoms with Gasteiger partial charge in [-0.3, -0.25) is 19.2 Å². The summed E-state index contributed by atoms with van der Waals surface area (Å²) in [5.74, 6) is 0.683. The molecule has 2 heterocycles. The highest BCUT2D eigenvalue weighted by Crippen LogP contribution is 2.37. The Morgan fingerprint density at radius 2 is 1.90 bits per heavy atom. The molecule has 168 valence electrons. The van der Waals surface area contributed by atoms with Crippen LogP contribution in [0.15, 0.2) is 6.20 Å². The van der Waals surface area contributed by atoms with E-state index in [-0.39, 0.29) is 17.4 Å². The number of carbonyl (C=O) groups excluding carboxylic acids is 2. The number of aryl methyl sites for hydroxylation is 2. The van der Waals surface area contributed by atoms with Crippen LogP contribution in [-0.2, 0) is 11.8 Å². The van der Waals surface area contributed by atoms with Gasteiger partial charge in [0, 0.05) is 57.9 Å². The summed E-state index contributed by atoms with van der Waals surface area (Å²) in [6, 6.07) is 0. The summed E-state index contributed by atoms with van der Waals surface area (Å²) in [6.07, 6.45) is 9.17. The first-order chi connectivity index (χ1) is 14.3. The number of hydrogen-bond acceptors (Lipinski definition) is 4. The van der Waals surface area contributed by atoms with E-state index in [2.05, 4.69) is 29.2 Å². The molecule has 2 fully saturated rings. The topological polar surface area (TPSA) is 70.5 Å². The van der Waals surface area contributed by atoms with E-state index < -0.39 is 0 Å². The summed E-state index contributed by atoms with van der Waals surface area (Å²) < 4.78 is 1.69. The molecule has 1 aliphatic heterocycles. The number of nitrogens with one attached hydrogen (secondary N) is 1. The summed E-state index contributed by atoms with van der Waals surface area (Å²) in [5, 5.41) is 7.42. The van der Waals surface area contributed by atoms with Crippen molar-refractivity contribution in [1.29, 1.82) is 0 Å². The lowest BCUT2D eigenvalue weighted by Crippen LogP contribution is -2.54. The van der Waals surface area contributed by atoms with Gasteiger partial charge in [0.05, 0.1) is 11.3 Å². The van der Waals surface area contributed by atoms with E-state index in [9.17, 15) is 9.59 Å². The minimum Gasteiger partial charge on any atom is -0.354 e. The van der Waals surface area contributed by atoms with Gasteiger partial charge < -0.3 is 10.2 Å². The minimum absolute atomic E-state index is 0.0110. The molecule has 2 aliphatic rings. The van der Waals surface area contributed by atoms with Gasteiger partial charge in [0.15, 0.2) is 0 Å². The Morgan fingerprint density at radius 1 is 1.17 bits per heavy atom. The largest absolute Gasteiger partial charge is 0.354 e. The molecule has 1 aromatic heterocycles. The Balaban J connectivity index is 1.79. The number of aromatic nitrogens is 2.